The number of likely N-dealkylation sites (tertiary alicyclic amines) is 1. The van der Waals surface area contributed by atoms with Gasteiger partial charge in [0.05, 0.1) is 6.61 Å². The Hall–Kier alpha value is -0.900. The fraction of sp³-hybridized carbons (Fsp3) is 0.647. The third-order valence-corrected chi connectivity index (χ3v) is 4.28. The minimum absolute atomic E-state index is 0.519. The standard InChI is InChI=1S/C17H28N2O/c1-4-10-18-12-14-9-11-19(2)17(14)16-8-6-5-7-15(16)13-20-3/h5-8,14,17-18H,4,9-13H2,1-3H3. The van der Waals surface area contributed by atoms with Crippen molar-refractivity contribution in [2.24, 2.45) is 5.92 Å². The van der Waals surface area contributed by atoms with Crippen molar-refractivity contribution in [3.8, 4) is 0 Å². The average Bonchev–Trinajstić information content (AvgIpc) is 2.81. The molecule has 0 saturated carbocycles. The smallest absolute Gasteiger partial charge is 0.0716 e. The molecule has 1 aromatic rings. The molecule has 0 bridgehead atoms. The van der Waals surface area contributed by atoms with Crippen LogP contribution in [0.25, 0.3) is 0 Å². The van der Waals surface area contributed by atoms with Gasteiger partial charge in [-0.1, -0.05) is 31.2 Å². The molecule has 0 spiro atoms. The van der Waals surface area contributed by atoms with Crippen molar-refractivity contribution in [3.05, 3.63) is 35.4 Å². The number of nitrogens with one attached hydrogen (secondary N) is 1. The van der Waals surface area contributed by atoms with Crippen LogP contribution in [-0.2, 0) is 11.3 Å². The van der Waals surface area contributed by atoms with Crippen LogP contribution in [0.1, 0.15) is 36.9 Å². The zero-order valence-electron chi connectivity index (χ0n) is 13.1. The Kier molecular flexibility index (Phi) is 6.02. The van der Waals surface area contributed by atoms with Gasteiger partial charge in [0.25, 0.3) is 0 Å². The van der Waals surface area contributed by atoms with E-state index in [9.17, 15) is 0 Å². The quantitative estimate of drug-likeness (QED) is 0.775. The lowest BCUT2D eigenvalue weighted by atomic mass is 9.90. The van der Waals surface area contributed by atoms with Crippen molar-refractivity contribution >= 4 is 0 Å². The van der Waals surface area contributed by atoms with Gasteiger partial charge in [0.15, 0.2) is 0 Å². The fourth-order valence-electron chi connectivity index (χ4n) is 3.31. The molecule has 0 aromatic heterocycles. The predicted octanol–water partition coefficient (Wildman–Crippen LogP) is 2.83. The first-order valence-corrected chi connectivity index (χ1v) is 7.75. The lowest BCUT2D eigenvalue weighted by Gasteiger charge is -2.28. The molecule has 112 valence electrons. The number of ether oxygens (including phenoxy) is 1. The SMILES string of the molecule is CCCNCC1CCN(C)C1c1ccccc1COC. The summed E-state index contributed by atoms with van der Waals surface area (Å²) in [6.45, 7) is 6.34. The van der Waals surface area contributed by atoms with Gasteiger partial charge in [-0.3, -0.25) is 4.90 Å². The molecule has 1 fully saturated rings. The second-order valence-electron chi connectivity index (χ2n) is 5.81. The summed E-state index contributed by atoms with van der Waals surface area (Å²) >= 11 is 0. The van der Waals surface area contributed by atoms with E-state index in [4.69, 9.17) is 4.74 Å². The molecule has 0 amide bonds. The lowest BCUT2D eigenvalue weighted by molar-refractivity contribution is 0.180. The number of methoxy groups -OCH3 is 1. The van der Waals surface area contributed by atoms with Crippen molar-refractivity contribution in [2.75, 3.05) is 33.8 Å². The van der Waals surface area contributed by atoms with E-state index in [1.807, 2.05) is 0 Å². The zero-order valence-corrected chi connectivity index (χ0v) is 13.1. The van der Waals surface area contributed by atoms with Crippen LogP contribution in [0.5, 0.6) is 0 Å². The van der Waals surface area contributed by atoms with Gasteiger partial charge in [-0.2, -0.15) is 0 Å². The zero-order chi connectivity index (χ0) is 14.4. The van der Waals surface area contributed by atoms with E-state index in [0.29, 0.717) is 18.6 Å². The third-order valence-electron chi connectivity index (χ3n) is 4.28. The van der Waals surface area contributed by atoms with Crippen molar-refractivity contribution in [1.82, 2.24) is 10.2 Å². The summed E-state index contributed by atoms with van der Waals surface area (Å²) in [4.78, 5) is 2.49. The highest BCUT2D eigenvalue weighted by molar-refractivity contribution is 5.31. The summed E-state index contributed by atoms with van der Waals surface area (Å²) in [6.07, 6.45) is 2.48. The molecule has 2 rings (SSSR count). The first-order valence-electron chi connectivity index (χ1n) is 7.75. The number of hydrogen-bond acceptors (Lipinski definition) is 3. The van der Waals surface area contributed by atoms with Crippen LogP contribution in [0, 0.1) is 5.92 Å². The summed E-state index contributed by atoms with van der Waals surface area (Å²) in [5.41, 5.74) is 2.77. The normalized spacial score (nSPS) is 23.4. The molecule has 1 heterocycles. The van der Waals surface area contributed by atoms with Crippen LogP contribution in [-0.4, -0.2) is 38.7 Å². The van der Waals surface area contributed by atoms with Crippen molar-refractivity contribution in [2.45, 2.75) is 32.4 Å². The monoisotopic (exact) mass is 276 g/mol. The lowest BCUT2D eigenvalue weighted by Crippen LogP contribution is -2.29. The van der Waals surface area contributed by atoms with Crippen molar-refractivity contribution in [1.29, 1.82) is 0 Å². The Morgan fingerprint density at radius 1 is 1.35 bits per heavy atom. The molecule has 1 N–H and O–H groups in total. The van der Waals surface area contributed by atoms with E-state index in [2.05, 4.69) is 48.5 Å². The Labute approximate surface area is 123 Å². The average molecular weight is 276 g/mol. The van der Waals surface area contributed by atoms with Gasteiger partial charge in [0.1, 0.15) is 0 Å². The van der Waals surface area contributed by atoms with Gasteiger partial charge in [-0.05, 0) is 56.6 Å². The van der Waals surface area contributed by atoms with Gasteiger partial charge in [0.2, 0.25) is 0 Å². The minimum Gasteiger partial charge on any atom is -0.380 e. The maximum Gasteiger partial charge on any atom is 0.0716 e. The molecule has 1 aromatic carbocycles. The second-order valence-corrected chi connectivity index (χ2v) is 5.81. The number of hydrogen-bond donors (Lipinski definition) is 1. The van der Waals surface area contributed by atoms with Crippen LogP contribution in [0.2, 0.25) is 0 Å². The van der Waals surface area contributed by atoms with E-state index in [-0.39, 0.29) is 0 Å². The van der Waals surface area contributed by atoms with Crippen LogP contribution in [0.15, 0.2) is 24.3 Å². The van der Waals surface area contributed by atoms with Gasteiger partial charge < -0.3 is 10.1 Å². The molecule has 1 saturated heterocycles. The van der Waals surface area contributed by atoms with Gasteiger partial charge in [0, 0.05) is 13.2 Å². The summed E-state index contributed by atoms with van der Waals surface area (Å²) in [5, 5.41) is 3.59. The van der Waals surface area contributed by atoms with E-state index >= 15 is 0 Å². The highest BCUT2D eigenvalue weighted by Crippen LogP contribution is 2.37. The Balaban J connectivity index is 2.14. The Morgan fingerprint density at radius 2 is 2.15 bits per heavy atom. The number of rotatable bonds is 7. The highest BCUT2D eigenvalue weighted by atomic mass is 16.5. The molecule has 2 unspecified atom stereocenters. The molecule has 1 aliphatic heterocycles. The Bertz CT molecular complexity index is 408. The minimum atomic E-state index is 0.519. The summed E-state index contributed by atoms with van der Waals surface area (Å²) in [5.74, 6) is 0.699. The fourth-order valence-corrected chi connectivity index (χ4v) is 3.31. The second kappa shape index (κ2) is 7.77. The first-order chi connectivity index (χ1) is 9.77. The molecule has 0 radical (unpaired) electrons. The molecule has 0 aliphatic carbocycles. The Morgan fingerprint density at radius 3 is 2.90 bits per heavy atom. The molecular formula is C17H28N2O. The number of benzene rings is 1. The molecule has 20 heavy (non-hydrogen) atoms. The molecular weight excluding hydrogens is 248 g/mol. The summed E-state index contributed by atoms with van der Waals surface area (Å²) in [7, 11) is 4.02. The molecule has 2 atom stereocenters. The predicted molar refractivity (Wildman–Crippen MR) is 83.8 cm³/mol. The van der Waals surface area contributed by atoms with E-state index in [1.54, 1.807) is 7.11 Å². The molecule has 3 heteroatoms. The summed E-state index contributed by atoms with van der Waals surface area (Å²) in [6, 6.07) is 9.24. The first kappa shape index (κ1) is 15.5. The van der Waals surface area contributed by atoms with Crippen LogP contribution in [0.4, 0.5) is 0 Å². The maximum atomic E-state index is 5.36. The molecule has 3 nitrogen and oxygen atoms in total. The molecule has 1 aliphatic rings. The largest absolute Gasteiger partial charge is 0.380 e. The highest BCUT2D eigenvalue weighted by Gasteiger charge is 2.33. The van der Waals surface area contributed by atoms with E-state index < -0.39 is 0 Å². The van der Waals surface area contributed by atoms with Crippen molar-refractivity contribution < 1.29 is 4.74 Å². The van der Waals surface area contributed by atoms with Gasteiger partial charge >= 0.3 is 0 Å². The van der Waals surface area contributed by atoms with Crippen LogP contribution >= 0.6 is 0 Å². The van der Waals surface area contributed by atoms with Crippen LogP contribution < -0.4 is 5.32 Å². The van der Waals surface area contributed by atoms with Gasteiger partial charge in [-0.15, -0.1) is 0 Å². The maximum absolute atomic E-state index is 5.36. The number of nitrogens with zero attached hydrogens (tertiary/aromatic N) is 1. The van der Waals surface area contributed by atoms with Crippen LogP contribution in [0.3, 0.4) is 0 Å². The summed E-state index contributed by atoms with van der Waals surface area (Å²) < 4.78 is 5.36. The van der Waals surface area contributed by atoms with Crippen molar-refractivity contribution in [3.63, 3.8) is 0 Å². The van der Waals surface area contributed by atoms with E-state index in [0.717, 1.165) is 13.1 Å². The van der Waals surface area contributed by atoms with E-state index in [1.165, 1.54) is 30.5 Å². The topological polar surface area (TPSA) is 24.5 Å². The van der Waals surface area contributed by atoms with Gasteiger partial charge in [-0.25, -0.2) is 0 Å². The third kappa shape index (κ3) is 3.60.